The van der Waals surface area contributed by atoms with E-state index in [4.69, 9.17) is 11.6 Å². The Hall–Kier alpha value is -0.900. The van der Waals surface area contributed by atoms with Gasteiger partial charge in [-0.25, -0.2) is 0 Å². The van der Waals surface area contributed by atoms with E-state index in [1.165, 1.54) is 12.1 Å². The molecule has 19 heavy (non-hydrogen) atoms. The molecular weight excluding hydrogens is 277 g/mol. The highest BCUT2D eigenvalue weighted by molar-refractivity contribution is 6.18. The normalized spacial score (nSPS) is 15.1. The first-order valence-corrected chi connectivity index (χ1v) is 6.72. The van der Waals surface area contributed by atoms with E-state index in [1.54, 1.807) is 12.1 Å². The summed E-state index contributed by atoms with van der Waals surface area (Å²) < 4.78 is 39.9. The average Bonchev–Trinajstić information content (AvgIpc) is 2.30. The van der Waals surface area contributed by atoms with E-state index in [1.807, 2.05) is 0 Å². The van der Waals surface area contributed by atoms with E-state index >= 15 is 0 Å². The summed E-state index contributed by atoms with van der Waals surface area (Å²) in [6, 6.07) is 5.98. The fraction of sp³-hybridized carbons (Fsp3) is 0.571. The van der Waals surface area contributed by atoms with E-state index in [-0.39, 0.29) is 11.2 Å². The van der Waals surface area contributed by atoms with Gasteiger partial charge in [0.2, 0.25) is 0 Å². The van der Waals surface area contributed by atoms with Gasteiger partial charge in [0, 0.05) is 5.88 Å². The summed E-state index contributed by atoms with van der Waals surface area (Å²) in [4.78, 5) is 0. The number of benzene rings is 1. The first kappa shape index (κ1) is 16.2. The molecule has 1 rings (SSSR count). The van der Waals surface area contributed by atoms with Crippen LogP contribution in [0.4, 0.5) is 13.2 Å². The van der Waals surface area contributed by atoms with Gasteiger partial charge in [0.05, 0.1) is 0 Å². The summed E-state index contributed by atoms with van der Waals surface area (Å²) >= 11 is 5.98. The molecule has 1 atom stereocenters. The van der Waals surface area contributed by atoms with Crippen LogP contribution in [0.5, 0.6) is 5.75 Å². The van der Waals surface area contributed by atoms with Crippen LogP contribution in [-0.4, -0.2) is 12.2 Å². The van der Waals surface area contributed by atoms with Gasteiger partial charge in [-0.3, -0.25) is 0 Å². The molecule has 108 valence electrons. The molecule has 1 nitrogen and oxygen atoms in total. The zero-order valence-corrected chi connectivity index (χ0v) is 11.8. The van der Waals surface area contributed by atoms with Crippen LogP contribution in [0.1, 0.15) is 32.3 Å². The topological polar surface area (TPSA) is 9.23 Å². The molecule has 0 aliphatic rings. The van der Waals surface area contributed by atoms with Crippen LogP contribution in [0.25, 0.3) is 0 Å². The molecule has 0 radical (unpaired) electrons. The van der Waals surface area contributed by atoms with Crippen LogP contribution in [0.15, 0.2) is 24.3 Å². The maximum absolute atomic E-state index is 12.0. The summed E-state index contributed by atoms with van der Waals surface area (Å²) in [5.41, 5.74) is 0.939. The first-order chi connectivity index (χ1) is 8.78. The lowest BCUT2D eigenvalue weighted by Gasteiger charge is -2.26. The molecule has 0 aliphatic heterocycles. The number of alkyl halides is 4. The molecule has 1 aromatic carbocycles. The minimum atomic E-state index is -4.64. The third-order valence-corrected chi connectivity index (χ3v) is 3.61. The molecule has 0 heterocycles. The smallest absolute Gasteiger partial charge is 0.406 e. The van der Waals surface area contributed by atoms with Gasteiger partial charge in [-0.1, -0.05) is 32.4 Å². The number of ether oxygens (including phenoxy) is 1. The van der Waals surface area contributed by atoms with Crippen molar-refractivity contribution in [2.24, 2.45) is 5.41 Å². The van der Waals surface area contributed by atoms with Crippen molar-refractivity contribution in [1.29, 1.82) is 0 Å². The van der Waals surface area contributed by atoms with Crippen LogP contribution >= 0.6 is 11.6 Å². The maximum atomic E-state index is 12.0. The zero-order valence-electron chi connectivity index (χ0n) is 11.1. The van der Waals surface area contributed by atoms with Gasteiger partial charge in [0.25, 0.3) is 0 Å². The van der Waals surface area contributed by atoms with E-state index in [0.29, 0.717) is 5.88 Å². The Bertz CT molecular complexity index is 389. The highest BCUT2D eigenvalue weighted by Crippen LogP contribution is 2.31. The molecule has 1 unspecified atom stereocenters. The molecule has 1 aromatic rings. The Morgan fingerprint density at radius 3 is 2.16 bits per heavy atom. The van der Waals surface area contributed by atoms with Gasteiger partial charge in [-0.05, 0) is 36.0 Å². The number of halogens is 4. The van der Waals surface area contributed by atoms with Gasteiger partial charge in [0.1, 0.15) is 5.75 Å². The quantitative estimate of drug-likeness (QED) is 0.657. The second kappa shape index (κ2) is 6.51. The Balaban J connectivity index is 2.71. The fourth-order valence-electron chi connectivity index (χ4n) is 2.11. The van der Waals surface area contributed by atoms with Crippen molar-refractivity contribution in [3.05, 3.63) is 29.8 Å². The summed E-state index contributed by atoms with van der Waals surface area (Å²) in [7, 11) is 0. The SMILES string of the molecule is CCCC(C)(CCl)Cc1ccc(OC(F)(F)F)cc1. The van der Waals surface area contributed by atoms with Crippen molar-refractivity contribution in [2.75, 3.05) is 5.88 Å². The molecule has 0 fully saturated rings. The predicted octanol–water partition coefficient (Wildman–Crippen LogP) is 5.17. The number of hydrogen-bond donors (Lipinski definition) is 0. The van der Waals surface area contributed by atoms with Crippen molar-refractivity contribution < 1.29 is 17.9 Å². The molecule has 0 aliphatic carbocycles. The molecule has 0 amide bonds. The van der Waals surface area contributed by atoms with Gasteiger partial charge in [-0.2, -0.15) is 0 Å². The lowest BCUT2D eigenvalue weighted by Crippen LogP contribution is -2.21. The van der Waals surface area contributed by atoms with Crippen LogP contribution in [0, 0.1) is 5.41 Å². The molecule has 0 aromatic heterocycles. The Kier molecular flexibility index (Phi) is 5.53. The van der Waals surface area contributed by atoms with Crippen molar-refractivity contribution in [1.82, 2.24) is 0 Å². The summed E-state index contributed by atoms with van der Waals surface area (Å²) in [5, 5.41) is 0. The molecule has 0 bridgehead atoms. The van der Waals surface area contributed by atoms with Crippen LogP contribution in [-0.2, 0) is 6.42 Å². The second-order valence-corrected chi connectivity index (χ2v) is 5.33. The standard InChI is InChI=1S/C14H18ClF3O/c1-3-8-13(2,10-15)9-11-4-6-12(7-5-11)19-14(16,17)18/h4-7H,3,8-10H2,1-2H3. The largest absolute Gasteiger partial charge is 0.573 e. The highest BCUT2D eigenvalue weighted by Gasteiger charge is 2.31. The van der Waals surface area contributed by atoms with Crippen LogP contribution in [0.3, 0.4) is 0 Å². The Labute approximate surface area is 116 Å². The van der Waals surface area contributed by atoms with Crippen LogP contribution < -0.4 is 4.74 Å². The maximum Gasteiger partial charge on any atom is 0.573 e. The Morgan fingerprint density at radius 2 is 1.74 bits per heavy atom. The van der Waals surface area contributed by atoms with Gasteiger partial charge >= 0.3 is 6.36 Å². The zero-order chi connectivity index (χ0) is 14.5. The van der Waals surface area contributed by atoms with E-state index in [0.717, 1.165) is 24.8 Å². The molecule has 0 saturated heterocycles. The first-order valence-electron chi connectivity index (χ1n) is 6.19. The number of hydrogen-bond acceptors (Lipinski definition) is 1. The third-order valence-electron chi connectivity index (χ3n) is 2.96. The summed E-state index contributed by atoms with van der Waals surface area (Å²) in [6.45, 7) is 4.18. The predicted molar refractivity (Wildman–Crippen MR) is 70.6 cm³/mol. The van der Waals surface area contributed by atoms with Gasteiger partial charge < -0.3 is 4.74 Å². The van der Waals surface area contributed by atoms with Gasteiger partial charge in [0.15, 0.2) is 0 Å². The molecule has 0 spiro atoms. The fourth-order valence-corrected chi connectivity index (χ4v) is 2.34. The molecule has 0 saturated carbocycles. The third kappa shape index (κ3) is 5.72. The van der Waals surface area contributed by atoms with Crippen LogP contribution in [0.2, 0.25) is 0 Å². The lowest BCUT2D eigenvalue weighted by molar-refractivity contribution is -0.274. The molecular formula is C14H18ClF3O. The monoisotopic (exact) mass is 294 g/mol. The average molecular weight is 295 g/mol. The van der Waals surface area contributed by atoms with E-state index < -0.39 is 6.36 Å². The second-order valence-electron chi connectivity index (χ2n) is 5.06. The number of rotatable bonds is 6. The minimum Gasteiger partial charge on any atom is -0.406 e. The summed E-state index contributed by atoms with van der Waals surface area (Å²) in [5.74, 6) is 0.334. The van der Waals surface area contributed by atoms with E-state index in [9.17, 15) is 13.2 Å². The van der Waals surface area contributed by atoms with Crippen molar-refractivity contribution in [3.8, 4) is 5.75 Å². The van der Waals surface area contributed by atoms with Crippen molar-refractivity contribution >= 4 is 11.6 Å². The Morgan fingerprint density at radius 1 is 1.16 bits per heavy atom. The van der Waals surface area contributed by atoms with Crippen molar-refractivity contribution in [3.63, 3.8) is 0 Å². The summed E-state index contributed by atoms with van der Waals surface area (Å²) in [6.07, 6.45) is -1.89. The molecule has 0 N–H and O–H groups in total. The van der Waals surface area contributed by atoms with E-state index in [2.05, 4.69) is 18.6 Å². The van der Waals surface area contributed by atoms with Crippen molar-refractivity contribution in [2.45, 2.75) is 39.5 Å². The minimum absolute atomic E-state index is 0.0251. The lowest BCUT2D eigenvalue weighted by atomic mass is 9.81. The highest BCUT2D eigenvalue weighted by atomic mass is 35.5. The van der Waals surface area contributed by atoms with Gasteiger partial charge in [-0.15, -0.1) is 24.8 Å². The molecule has 5 heteroatoms.